The third kappa shape index (κ3) is 4.47. The van der Waals surface area contributed by atoms with Crippen molar-refractivity contribution >= 4 is 33.5 Å². The maximum Gasteiger partial charge on any atom is 0.327 e. The van der Waals surface area contributed by atoms with Crippen LogP contribution in [0.1, 0.15) is 0 Å². The molecule has 0 fully saturated rings. The molecule has 0 saturated heterocycles. The molecule has 0 unspecified atom stereocenters. The van der Waals surface area contributed by atoms with Crippen molar-refractivity contribution < 1.29 is 0 Å². The minimum atomic E-state index is -0.650. The van der Waals surface area contributed by atoms with Gasteiger partial charge < -0.3 is 4.98 Å². The fourth-order valence-electron chi connectivity index (χ4n) is 2.61. The van der Waals surface area contributed by atoms with E-state index in [2.05, 4.69) is 49.8 Å². The number of fused-ring (bicyclic) bond motifs is 3. The number of aromatic amines is 9. The van der Waals surface area contributed by atoms with Gasteiger partial charge in [0.05, 0.1) is 12.5 Å². The van der Waals surface area contributed by atoms with Crippen LogP contribution in [0.3, 0.4) is 0 Å². The van der Waals surface area contributed by atoms with E-state index in [1.54, 1.807) is 12.5 Å². The summed E-state index contributed by atoms with van der Waals surface area (Å²) in [5, 5.41) is 0. The molecule has 0 spiro atoms. The Balaban J connectivity index is 0.000000119. The lowest BCUT2D eigenvalue weighted by atomic mass is 10.5. The van der Waals surface area contributed by atoms with E-state index in [-0.39, 0.29) is 22.3 Å². The van der Waals surface area contributed by atoms with E-state index in [9.17, 15) is 28.8 Å². The van der Waals surface area contributed by atoms with Crippen LogP contribution >= 0.6 is 0 Å². The van der Waals surface area contributed by atoms with Gasteiger partial charge in [-0.25, -0.2) is 34.1 Å². The number of rotatable bonds is 0. The molecule has 0 aliphatic carbocycles. The normalized spacial score (nSPS) is 10.5. The lowest BCUT2D eigenvalue weighted by molar-refractivity contribution is 1.07. The molecule has 0 atom stereocenters. The van der Waals surface area contributed by atoms with E-state index < -0.39 is 33.9 Å². The van der Waals surface area contributed by atoms with Crippen LogP contribution in [0.2, 0.25) is 0 Å². The summed E-state index contributed by atoms with van der Waals surface area (Å²) >= 11 is 0. The van der Waals surface area contributed by atoms with E-state index in [1.165, 1.54) is 6.33 Å². The Bertz CT molecular complexity index is 1780. The van der Waals surface area contributed by atoms with Gasteiger partial charge >= 0.3 is 22.8 Å². The molecule has 33 heavy (non-hydrogen) atoms. The molecule has 0 aliphatic rings. The molecule has 168 valence electrons. The topological polar surface area (TPSA) is 283 Å². The minimum Gasteiger partial charge on any atom is -0.342 e. The molecule has 18 heteroatoms. The van der Waals surface area contributed by atoms with Crippen molar-refractivity contribution in [2.45, 2.75) is 0 Å². The largest absolute Gasteiger partial charge is 0.342 e. The van der Waals surface area contributed by atoms with Gasteiger partial charge in [0.15, 0.2) is 5.65 Å². The lowest BCUT2D eigenvalue weighted by Gasteiger charge is -1.83. The highest BCUT2D eigenvalue weighted by atomic mass is 16.2. The van der Waals surface area contributed by atoms with Gasteiger partial charge in [0.25, 0.3) is 11.1 Å². The summed E-state index contributed by atoms with van der Waals surface area (Å²) in [5.74, 6) is 0. The van der Waals surface area contributed by atoms with Crippen molar-refractivity contribution in [3.8, 4) is 0 Å². The molecule has 6 heterocycles. The number of aromatic nitrogens is 12. The number of hydrogen-bond acceptors (Lipinski definition) is 9. The van der Waals surface area contributed by atoms with E-state index in [1.807, 2.05) is 9.97 Å². The third-order valence-electron chi connectivity index (χ3n) is 3.94. The second kappa shape index (κ2) is 8.29. The first-order valence-corrected chi connectivity index (χ1v) is 8.78. The van der Waals surface area contributed by atoms with Crippen molar-refractivity contribution in [1.29, 1.82) is 0 Å². The smallest absolute Gasteiger partial charge is 0.327 e. The fourth-order valence-corrected chi connectivity index (χ4v) is 2.61. The van der Waals surface area contributed by atoms with E-state index >= 15 is 0 Å². The van der Waals surface area contributed by atoms with Crippen molar-refractivity contribution in [2.24, 2.45) is 0 Å². The van der Waals surface area contributed by atoms with E-state index in [4.69, 9.17) is 0 Å². The van der Waals surface area contributed by atoms with Crippen LogP contribution in [0, 0.1) is 0 Å². The second-order valence-electron chi connectivity index (χ2n) is 6.14. The molecule has 18 nitrogen and oxygen atoms in total. The van der Waals surface area contributed by atoms with Gasteiger partial charge in [-0.3, -0.25) is 49.5 Å². The fraction of sp³-hybridized carbons (Fsp3) is 0. The number of H-pyrrole nitrogens is 9. The molecule has 0 aliphatic heterocycles. The first-order chi connectivity index (χ1) is 15.8. The summed E-state index contributed by atoms with van der Waals surface area (Å²) in [6.07, 6.45) is 4.76. The van der Waals surface area contributed by atoms with Crippen LogP contribution in [-0.4, -0.2) is 59.8 Å². The van der Waals surface area contributed by atoms with Crippen LogP contribution in [0.25, 0.3) is 33.5 Å². The molecule has 9 N–H and O–H groups in total. The first-order valence-electron chi connectivity index (χ1n) is 8.78. The van der Waals surface area contributed by atoms with Gasteiger partial charge in [-0.15, -0.1) is 0 Å². The molecule has 0 bridgehead atoms. The van der Waals surface area contributed by atoms with Crippen LogP contribution in [0.5, 0.6) is 0 Å². The number of hydrogen-bond donors (Lipinski definition) is 9. The van der Waals surface area contributed by atoms with Crippen molar-refractivity contribution in [2.75, 3.05) is 0 Å². The average molecular weight is 456 g/mol. The Morgan fingerprint density at radius 3 is 1.55 bits per heavy atom. The predicted molar refractivity (Wildman–Crippen MR) is 112 cm³/mol. The second-order valence-corrected chi connectivity index (χ2v) is 6.14. The number of nitrogens with zero attached hydrogens (tertiary/aromatic N) is 3. The maximum absolute atomic E-state index is 10.9. The standard InChI is InChI=1S/2C5H4N4O3.C5H4N4/c2*10-3-1-2(7-4(11)6-1)8-5(12)9-3;1-4-5(8-2-6-1)9-3-7-4/h2*(H4,6,7,8,9,10,11,12);1-3H,(H,6,7,8,9). The van der Waals surface area contributed by atoms with Gasteiger partial charge in [0, 0.05) is 0 Å². The summed E-state index contributed by atoms with van der Waals surface area (Å²) in [4.78, 5) is 96.5. The maximum atomic E-state index is 10.9. The summed E-state index contributed by atoms with van der Waals surface area (Å²) in [6.45, 7) is 0. The molecule has 6 aromatic heterocycles. The molecule has 6 rings (SSSR count). The zero-order chi connectivity index (χ0) is 23.5. The van der Waals surface area contributed by atoms with Crippen LogP contribution < -0.4 is 33.9 Å². The zero-order valence-corrected chi connectivity index (χ0v) is 16.0. The third-order valence-corrected chi connectivity index (χ3v) is 3.94. The average Bonchev–Trinajstić information content (AvgIpc) is 3.46. The highest BCUT2D eigenvalue weighted by Gasteiger charge is 2.03. The van der Waals surface area contributed by atoms with Crippen molar-refractivity contribution in [3.63, 3.8) is 0 Å². The minimum absolute atomic E-state index is 0.0413. The Hall–Kier alpha value is -5.55. The molecule has 0 aromatic carbocycles. The molecular formula is C15H12N12O6. The Morgan fingerprint density at radius 1 is 0.576 bits per heavy atom. The van der Waals surface area contributed by atoms with Gasteiger partial charge in [-0.05, 0) is 0 Å². The molecule has 0 amide bonds. The van der Waals surface area contributed by atoms with Gasteiger partial charge in [-0.2, -0.15) is 0 Å². The van der Waals surface area contributed by atoms with Crippen molar-refractivity contribution in [1.82, 2.24) is 59.8 Å². The monoisotopic (exact) mass is 456 g/mol. The molecular weight excluding hydrogens is 444 g/mol. The zero-order valence-electron chi connectivity index (χ0n) is 16.0. The van der Waals surface area contributed by atoms with Crippen molar-refractivity contribution in [3.05, 3.63) is 81.5 Å². The highest BCUT2D eigenvalue weighted by molar-refractivity contribution is 5.68. The Labute approximate surface area is 175 Å². The summed E-state index contributed by atoms with van der Waals surface area (Å²) in [6, 6.07) is 0. The van der Waals surface area contributed by atoms with E-state index in [0.29, 0.717) is 5.65 Å². The molecule has 6 aromatic rings. The van der Waals surface area contributed by atoms with Gasteiger partial charge in [0.2, 0.25) is 0 Å². The Kier molecular flexibility index (Phi) is 5.21. The lowest BCUT2D eigenvalue weighted by Crippen LogP contribution is -2.21. The number of nitrogens with one attached hydrogen (secondary N) is 9. The SMILES string of the molecule is O=c1[nH]c(=O)c2[nH]c(=O)[nH]c2[nH]1.O=c1[nH]c(=O)c2[nH]c(=O)[nH]c2[nH]1.c1ncc2[nH]cnc2n1. The van der Waals surface area contributed by atoms with E-state index in [0.717, 1.165) is 5.52 Å². The first kappa shape index (κ1) is 20.7. The van der Waals surface area contributed by atoms with Crippen LogP contribution in [-0.2, 0) is 0 Å². The molecule has 0 saturated carbocycles. The van der Waals surface area contributed by atoms with Crippen LogP contribution in [0.4, 0.5) is 0 Å². The number of imidazole rings is 3. The summed E-state index contributed by atoms with van der Waals surface area (Å²) in [5.41, 5.74) is -1.72. The molecule has 0 radical (unpaired) electrons. The summed E-state index contributed by atoms with van der Waals surface area (Å²) < 4.78 is 0. The predicted octanol–water partition coefficient (Wildman–Crippen LogP) is -3.18. The van der Waals surface area contributed by atoms with Gasteiger partial charge in [-0.1, -0.05) is 0 Å². The highest BCUT2D eigenvalue weighted by Crippen LogP contribution is 1.99. The van der Waals surface area contributed by atoms with Gasteiger partial charge in [0.1, 0.15) is 34.2 Å². The quantitative estimate of drug-likeness (QED) is 0.111. The van der Waals surface area contributed by atoms with Crippen LogP contribution in [0.15, 0.2) is 47.6 Å². The Morgan fingerprint density at radius 2 is 1.06 bits per heavy atom. The summed E-state index contributed by atoms with van der Waals surface area (Å²) in [7, 11) is 0.